The summed E-state index contributed by atoms with van der Waals surface area (Å²) in [6.45, 7) is -0.331. The van der Waals surface area contributed by atoms with Crippen molar-refractivity contribution in [3.8, 4) is 0 Å². The number of fused-ring (bicyclic) bond motifs is 1. The first kappa shape index (κ1) is 19.0. The van der Waals surface area contributed by atoms with E-state index < -0.39 is 11.9 Å². The Kier molecular flexibility index (Phi) is 5.97. The molecule has 0 radical (unpaired) electrons. The maximum atomic E-state index is 12.3. The Morgan fingerprint density at radius 1 is 0.857 bits per heavy atom. The highest BCUT2D eigenvalue weighted by molar-refractivity contribution is 6.02. The Morgan fingerprint density at radius 3 is 2.25 bits per heavy atom. The minimum atomic E-state index is -0.619. The van der Waals surface area contributed by atoms with Crippen LogP contribution in [0.1, 0.15) is 26.3 Å². The van der Waals surface area contributed by atoms with E-state index in [2.05, 4.69) is 4.74 Å². The van der Waals surface area contributed by atoms with E-state index in [-0.39, 0.29) is 12.4 Å². The van der Waals surface area contributed by atoms with E-state index in [1.54, 1.807) is 42.5 Å². The Balaban J connectivity index is 1.56. The third-order valence-electron chi connectivity index (χ3n) is 4.16. The van der Waals surface area contributed by atoms with E-state index in [1.807, 2.05) is 30.3 Å². The molecule has 0 bridgehead atoms. The zero-order valence-corrected chi connectivity index (χ0v) is 15.3. The van der Waals surface area contributed by atoms with Gasteiger partial charge in [0.05, 0.1) is 12.7 Å². The van der Waals surface area contributed by atoms with Gasteiger partial charge in [0.25, 0.3) is 0 Å². The molecule has 0 saturated heterocycles. The average molecular weight is 374 g/mol. The molecule has 0 aliphatic rings. The average Bonchev–Trinajstić information content (AvgIpc) is 2.75. The monoisotopic (exact) mass is 374 g/mol. The van der Waals surface area contributed by atoms with Crippen molar-refractivity contribution < 1.29 is 23.9 Å². The number of carbonyl (C=O) groups excluding carboxylic acids is 3. The molecule has 0 aromatic heterocycles. The van der Waals surface area contributed by atoms with Gasteiger partial charge in [-0.25, -0.2) is 9.59 Å². The lowest BCUT2D eigenvalue weighted by atomic mass is 10.0. The molecule has 0 atom stereocenters. The number of benzene rings is 3. The highest BCUT2D eigenvalue weighted by atomic mass is 16.5. The molecule has 5 heteroatoms. The molecular formula is C23H18O5. The molecular weight excluding hydrogens is 356 g/mol. The molecule has 28 heavy (non-hydrogen) atoms. The summed E-state index contributed by atoms with van der Waals surface area (Å²) in [7, 11) is 1.31. The van der Waals surface area contributed by atoms with Crippen LogP contribution in [0.3, 0.4) is 0 Å². The lowest BCUT2D eigenvalue weighted by Gasteiger charge is -2.04. The van der Waals surface area contributed by atoms with Crippen LogP contribution >= 0.6 is 0 Å². The molecule has 3 rings (SSSR count). The first-order chi connectivity index (χ1) is 13.6. The third-order valence-corrected chi connectivity index (χ3v) is 4.16. The van der Waals surface area contributed by atoms with Crippen molar-refractivity contribution in [3.63, 3.8) is 0 Å². The number of carbonyl (C=O) groups is 3. The van der Waals surface area contributed by atoms with Gasteiger partial charge in [-0.3, -0.25) is 4.79 Å². The second-order valence-electron chi connectivity index (χ2n) is 6.04. The molecule has 0 saturated carbocycles. The van der Waals surface area contributed by atoms with Gasteiger partial charge in [-0.05, 0) is 40.6 Å². The Labute approximate surface area is 162 Å². The summed E-state index contributed by atoms with van der Waals surface area (Å²) < 4.78 is 9.65. The summed E-state index contributed by atoms with van der Waals surface area (Å²) >= 11 is 0. The van der Waals surface area contributed by atoms with Crippen molar-refractivity contribution in [2.45, 2.75) is 0 Å². The second-order valence-corrected chi connectivity index (χ2v) is 6.04. The zero-order valence-electron chi connectivity index (χ0n) is 15.3. The van der Waals surface area contributed by atoms with Crippen molar-refractivity contribution in [1.82, 2.24) is 0 Å². The van der Waals surface area contributed by atoms with Gasteiger partial charge in [0, 0.05) is 11.6 Å². The van der Waals surface area contributed by atoms with E-state index in [0.717, 1.165) is 10.8 Å². The van der Waals surface area contributed by atoms with Crippen LogP contribution in [0.25, 0.3) is 16.8 Å². The van der Waals surface area contributed by atoms with Crippen LogP contribution in [0.2, 0.25) is 0 Å². The number of methoxy groups -OCH3 is 1. The third kappa shape index (κ3) is 4.71. The summed E-state index contributed by atoms with van der Waals surface area (Å²) in [5.74, 6) is -1.32. The summed E-state index contributed by atoms with van der Waals surface area (Å²) in [5, 5.41) is 1.99. The zero-order chi connectivity index (χ0) is 19.9. The molecule has 0 amide bonds. The van der Waals surface area contributed by atoms with E-state index in [4.69, 9.17) is 4.74 Å². The molecule has 0 aliphatic carbocycles. The highest BCUT2D eigenvalue weighted by Gasteiger charge is 2.09. The number of esters is 2. The van der Waals surface area contributed by atoms with Crippen LogP contribution in [-0.4, -0.2) is 31.4 Å². The maximum Gasteiger partial charge on any atom is 0.337 e. The van der Waals surface area contributed by atoms with Gasteiger partial charge in [-0.2, -0.15) is 0 Å². The first-order valence-corrected chi connectivity index (χ1v) is 8.62. The summed E-state index contributed by atoms with van der Waals surface area (Å²) in [6.07, 6.45) is 2.78. The molecule has 0 N–H and O–H groups in total. The minimum Gasteiger partial charge on any atom is -0.465 e. The number of rotatable bonds is 6. The minimum absolute atomic E-state index is 0.269. The summed E-state index contributed by atoms with van der Waals surface area (Å²) in [4.78, 5) is 35.5. The van der Waals surface area contributed by atoms with Crippen molar-refractivity contribution in [1.29, 1.82) is 0 Å². The van der Waals surface area contributed by atoms with Crippen LogP contribution in [0.4, 0.5) is 0 Å². The van der Waals surface area contributed by atoms with E-state index in [0.29, 0.717) is 16.7 Å². The van der Waals surface area contributed by atoms with Crippen molar-refractivity contribution >= 4 is 34.6 Å². The van der Waals surface area contributed by atoms with E-state index in [9.17, 15) is 14.4 Å². The molecule has 0 aliphatic heterocycles. The van der Waals surface area contributed by atoms with E-state index >= 15 is 0 Å². The standard InChI is InChI=1S/C23H18O5/c1-27-23(26)18-9-6-16(7-10-18)8-13-22(25)28-15-21(24)20-12-11-17-4-2-3-5-19(17)14-20/h2-14H,15H2,1H3/b13-8+. The lowest BCUT2D eigenvalue weighted by Crippen LogP contribution is -2.12. The summed E-state index contributed by atoms with van der Waals surface area (Å²) in [6, 6.07) is 19.6. The molecule has 0 unspecified atom stereocenters. The quantitative estimate of drug-likeness (QED) is 0.370. The number of ketones is 1. The fraction of sp³-hybridized carbons (Fsp3) is 0.0870. The van der Waals surface area contributed by atoms with E-state index in [1.165, 1.54) is 13.2 Å². The van der Waals surface area contributed by atoms with Crippen molar-refractivity contribution in [2.24, 2.45) is 0 Å². The normalized spacial score (nSPS) is 10.8. The van der Waals surface area contributed by atoms with Gasteiger partial charge >= 0.3 is 11.9 Å². The fourth-order valence-corrected chi connectivity index (χ4v) is 2.64. The van der Waals surface area contributed by atoms with Crippen LogP contribution in [0.15, 0.2) is 72.8 Å². The molecule has 3 aromatic rings. The Hall–Kier alpha value is -3.73. The molecule has 3 aromatic carbocycles. The smallest absolute Gasteiger partial charge is 0.337 e. The van der Waals surface area contributed by atoms with Gasteiger partial charge in [-0.15, -0.1) is 0 Å². The highest BCUT2D eigenvalue weighted by Crippen LogP contribution is 2.16. The Morgan fingerprint density at radius 2 is 1.54 bits per heavy atom. The topological polar surface area (TPSA) is 69.7 Å². The molecule has 0 spiro atoms. The van der Waals surface area contributed by atoms with Gasteiger partial charge in [0.2, 0.25) is 0 Å². The lowest BCUT2D eigenvalue weighted by molar-refractivity contribution is -0.136. The van der Waals surface area contributed by atoms with Crippen LogP contribution in [0.5, 0.6) is 0 Å². The number of ether oxygens (including phenoxy) is 2. The fourth-order valence-electron chi connectivity index (χ4n) is 2.64. The summed E-state index contributed by atoms with van der Waals surface area (Å²) in [5.41, 5.74) is 1.63. The maximum absolute atomic E-state index is 12.3. The number of Topliss-reactive ketones (excluding diaryl/α,β-unsaturated/α-hetero) is 1. The second kappa shape index (κ2) is 8.77. The number of hydrogen-bond donors (Lipinski definition) is 0. The van der Waals surface area contributed by atoms with Crippen LogP contribution < -0.4 is 0 Å². The largest absolute Gasteiger partial charge is 0.465 e. The van der Waals surface area contributed by atoms with Gasteiger partial charge < -0.3 is 9.47 Å². The molecule has 140 valence electrons. The van der Waals surface area contributed by atoms with Gasteiger partial charge in [0.1, 0.15) is 0 Å². The predicted molar refractivity (Wildman–Crippen MR) is 106 cm³/mol. The molecule has 5 nitrogen and oxygen atoms in total. The molecule has 0 heterocycles. The van der Waals surface area contributed by atoms with Crippen molar-refractivity contribution in [3.05, 3.63) is 89.5 Å². The first-order valence-electron chi connectivity index (χ1n) is 8.62. The van der Waals surface area contributed by atoms with Crippen LogP contribution in [0, 0.1) is 0 Å². The SMILES string of the molecule is COC(=O)c1ccc(/C=C/C(=O)OCC(=O)c2ccc3ccccc3c2)cc1. The Bertz CT molecular complexity index is 1050. The number of hydrogen-bond acceptors (Lipinski definition) is 5. The van der Waals surface area contributed by atoms with Gasteiger partial charge in [-0.1, -0.05) is 48.5 Å². The predicted octanol–water partition coefficient (Wildman–Crippen LogP) is 4.07. The van der Waals surface area contributed by atoms with Gasteiger partial charge in [0.15, 0.2) is 12.4 Å². The molecule has 0 fully saturated rings. The van der Waals surface area contributed by atoms with Crippen molar-refractivity contribution in [2.75, 3.05) is 13.7 Å². The van der Waals surface area contributed by atoms with Crippen LogP contribution in [-0.2, 0) is 14.3 Å².